The second-order valence-electron chi connectivity index (χ2n) is 5.90. The van der Waals surface area contributed by atoms with Crippen molar-refractivity contribution in [3.8, 4) is 0 Å². The molecule has 0 fully saturated rings. The van der Waals surface area contributed by atoms with Gasteiger partial charge in [0.15, 0.2) is 0 Å². The molecule has 2 N–H and O–H groups in total. The molecule has 0 rings (SSSR count). The highest BCUT2D eigenvalue weighted by molar-refractivity contribution is 7.57. The van der Waals surface area contributed by atoms with Crippen LogP contribution in [-0.2, 0) is 13.8 Å². The Bertz CT molecular complexity index is 384. The van der Waals surface area contributed by atoms with Crippen LogP contribution in [-0.4, -0.2) is 57.5 Å². The van der Waals surface area contributed by atoms with E-state index < -0.39 is 13.5 Å². The van der Waals surface area contributed by atoms with Gasteiger partial charge in [-0.25, -0.2) is 4.67 Å². The number of hydrogen-bond donors (Lipinski definition) is 1. The van der Waals surface area contributed by atoms with Crippen LogP contribution in [0.5, 0.6) is 0 Å². The van der Waals surface area contributed by atoms with Gasteiger partial charge in [0.1, 0.15) is 7.85 Å². The summed E-state index contributed by atoms with van der Waals surface area (Å²) in [5.41, 5.74) is 7.68. The predicted molar refractivity (Wildman–Crippen MR) is 89.9 cm³/mol. The van der Waals surface area contributed by atoms with E-state index in [1.165, 1.54) is 0 Å². The minimum absolute atomic E-state index is 0.0980. The second-order valence-corrected chi connectivity index (χ2v) is 9.12. The summed E-state index contributed by atoms with van der Waals surface area (Å²) in [4.78, 5) is 0. The molecule has 0 saturated heterocycles. The third-order valence-corrected chi connectivity index (χ3v) is 6.41. The Balaban J connectivity index is 4.73. The molecule has 0 amide bonds. The lowest BCUT2D eigenvalue weighted by Crippen LogP contribution is -2.34. The normalized spacial score (nSPS) is 17.6. The van der Waals surface area contributed by atoms with E-state index in [-0.39, 0.29) is 24.9 Å². The maximum Gasteiger partial charge on any atom is 0.274 e. The number of rotatable bonds is 9. The van der Waals surface area contributed by atoms with E-state index in [1.54, 1.807) is 18.8 Å². The SMILES string of the molecule is [B][C@H](OC(CN)COP(=O)(C(C)C)N(C)C)C(C)=C(C)C. The molecule has 122 valence electrons. The lowest BCUT2D eigenvalue weighted by molar-refractivity contribution is 0.0191. The van der Waals surface area contributed by atoms with Gasteiger partial charge in [-0.2, -0.15) is 0 Å². The summed E-state index contributed by atoms with van der Waals surface area (Å²) < 4.78 is 25.7. The maximum atomic E-state index is 12.7. The minimum atomic E-state index is -2.87. The van der Waals surface area contributed by atoms with Gasteiger partial charge in [-0.3, -0.25) is 4.57 Å². The van der Waals surface area contributed by atoms with Crippen molar-refractivity contribution in [2.24, 2.45) is 5.73 Å². The second kappa shape index (κ2) is 9.11. The molecule has 0 heterocycles. The molecule has 0 spiro atoms. The molecular weight excluding hydrogens is 286 g/mol. The fourth-order valence-corrected chi connectivity index (χ4v) is 3.51. The molecule has 0 aliphatic rings. The molecule has 0 bridgehead atoms. The van der Waals surface area contributed by atoms with Crippen LogP contribution in [0.2, 0.25) is 0 Å². The summed E-state index contributed by atoms with van der Waals surface area (Å²) in [5.74, 6) is 0. The third-order valence-electron chi connectivity index (χ3n) is 3.47. The van der Waals surface area contributed by atoms with Crippen LogP contribution in [0.1, 0.15) is 34.6 Å². The molecule has 0 aliphatic carbocycles. The van der Waals surface area contributed by atoms with E-state index in [4.69, 9.17) is 22.8 Å². The summed E-state index contributed by atoms with van der Waals surface area (Å²) in [6.07, 6.45) is -0.388. The number of nitrogens with zero attached hydrogens (tertiary/aromatic N) is 1. The Hall–Kier alpha value is -0.125. The zero-order valence-corrected chi connectivity index (χ0v) is 15.3. The van der Waals surface area contributed by atoms with Crippen LogP contribution in [0.4, 0.5) is 0 Å². The van der Waals surface area contributed by atoms with Crippen molar-refractivity contribution in [1.29, 1.82) is 0 Å². The maximum absolute atomic E-state index is 12.7. The van der Waals surface area contributed by atoms with Gasteiger partial charge in [-0.1, -0.05) is 25.0 Å². The largest absolute Gasteiger partial charge is 0.377 e. The standard InChI is InChI=1S/C14H30BN2O3P/c1-10(2)12(5)14(15)20-13(8-16)9-19-21(18,11(3)4)17(6)7/h11,13-14H,8-9,16H2,1-7H3/t13?,14-,21?/m1/s1. The van der Waals surface area contributed by atoms with Crippen LogP contribution in [0.3, 0.4) is 0 Å². The lowest BCUT2D eigenvalue weighted by atomic mass is 9.90. The Labute approximate surface area is 131 Å². The first-order chi connectivity index (χ1) is 9.56. The smallest absolute Gasteiger partial charge is 0.274 e. The first-order valence-corrected chi connectivity index (χ1v) is 8.88. The fraction of sp³-hybridized carbons (Fsp3) is 0.857. The van der Waals surface area contributed by atoms with Crippen molar-refractivity contribution in [3.05, 3.63) is 11.1 Å². The van der Waals surface area contributed by atoms with Crippen molar-refractivity contribution in [2.45, 2.75) is 52.4 Å². The van der Waals surface area contributed by atoms with Gasteiger partial charge in [-0.15, -0.1) is 0 Å². The summed E-state index contributed by atoms with van der Waals surface area (Å²) in [5, 5.41) is 0. The Morgan fingerprint density at radius 1 is 1.29 bits per heavy atom. The van der Waals surface area contributed by atoms with E-state index in [0.29, 0.717) is 0 Å². The highest BCUT2D eigenvalue weighted by Crippen LogP contribution is 2.53. The lowest BCUT2D eigenvalue weighted by Gasteiger charge is -2.30. The highest BCUT2D eigenvalue weighted by atomic mass is 31.2. The van der Waals surface area contributed by atoms with Crippen LogP contribution in [0, 0.1) is 0 Å². The van der Waals surface area contributed by atoms with Crippen molar-refractivity contribution in [2.75, 3.05) is 27.2 Å². The average molecular weight is 316 g/mol. The monoisotopic (exact) mass is 316 g/mol. The molecule has 0 saturated carbocycles. The molecule has 0 aromatic rings. The summed E-state index contributed by atoms with van der Waals surface area (Å²) in [6.45, 7) is 10.0. The van der Waals surface area contributed by atoms with E-state index in [9.17, 15) is 4.57 Å². The Morgan fingerprint density at radius 3 is 2.14 bits per heavy atom. The van der Waals surface area contributed by atoms with E-state index in [0.717, 1.165) is 11.1 Å². The number of allylic oxidation sites excluding steroid dienone is 1. The number of ether oxygens (including phenoxy) is 1. The zero-order valence-electron chi connectivity index (χ0n) is 14.4. The van der Waals surface area contributed by atoms with Crippen LogP contribution < -0.4 is 5.73 Å². The molecule has 21 heavy (non-hydrogen) atoms. The van der Waals surface area contributed by atoms with Gasteiger partial charge in [0, 0.05) is 18.2 Å². The first kappa shape index (κ1) is 20.9. The van der Waals surface area contributed by atoms with Gasteiger partial charge in [0.25, 0.3) is 7.52 Å². The van der Waals surface area contributed by atoms with Crippen LogP contribution in [0.15, 0.2) is 11.1 Å². The van der Waals surface area contributed by atoms with Crippen molar-refractivity contribution in [3.63, 3.8) is 0 Å². The fourth-order valence-electron chi connectivity index (χ4n) is 1.67. The molecule has 2 unspecified atom stereocenters. The molecule has 0 aromatic heterocycles. The van der Waals surface area contributed by atoms with Crippen LogP contribution >= 0.6 is 7.52 Å². The topological polar surface area (TPSA) is 64.8 Å². The summed E-state index contributed by atoms with van der Waals surface area (Å²) in [7, 11) is 6.61. The molecule has 0 aliphatic heterocycles. The van der Waals surface area contributed by atoms with Gasteiger partial charge < -0.3 is 15.0 Å². The van der Waals surface area contributed by atoms with Crippen molar-refractivity contribution >= 4 is 15.4 Å². The minimum Gasteiger partial charge on any atom is -0.377 e. The van der Waals surface area contributed by atoms with Gasteiger partial charge in [0.05, 0.1) is 12.7 Å². The van der Waals surface area contributed by atoms with Gasteiger partial charge in [-0.05, 0) is 34.9 Å². The average Bonchev–Trinajstić information content (AvgIpc) is 2.40. The predicted octanol–water partition coefficient (Wildman–Crippen LogP) is 2.36. The summed E-state index contributed by atoms with van der Waals surface area (Å²) in [6, 6.07) is -0.523. The highest BCUT2D eigenvalue weighted by Gasteiger charge is 2.31. The summed E-state index contributed by atoms with van der Waals surface area (Å²) >= 11 is 0. The zero-order chi connectivity index (χ0) is 16.8. The Kier molecular flexibility index (Phi) is 9.06. The first-order valence-electron chi connectivity index (χ1n) is 7.23. The van der Waals surface area contributed by atoms with E-state index in [1.807, 2.05) is 34.6 Å². The number of hydrogen-bond acceptors (Lipinski definition) is 4. The van der Waals surface area contributed by atoms with Crippen LogP contribution in [0.25, 0.3) is 0 Å². The number of nitrogens with two attached hydrogens (primary N) is 1. The van der Waals surface area contributed by atoms with Gasteiger partial charge in [0.2, 0.25) is 0 Å². The molecule has 7 heteroatoms. The van der Waals surface area contributed by atoms with Crippen molar-refractivity contribution in [1.82, 2.24) is 4.67 Å². The third kappa shape index (κ3) is 6.25. The molecule has 5 nitrogen and oxygen atoms in total. The molecular formula is C14H30BN2O3P. The van der Waals surface area contributed by atoms with E-state index >= 15 is 0 Å². The quantitative estimate of drug-likeness (QED) is 0.402. The molecule has 0 aromatic carbocycles. The Morgan fingerprint density at radius 2 is 1.81 bits per heavy atom. The molecule has 3 atom stereocenters. The van der Waals surface area contributed by atoms with Gasteiger partial charge >= 0.3 is 0 Å². The van der Waals surface area contributed by atoms with E-state index in [2.05, 4.69) is 0 Å². The van der Waals surface area contributed by atoms with Crippen molar-refractivity contribution < 1.29 is 13.8 Å². The molecule has 2 radical (unpaired) electrons.